The molecule has 0 saturated carbocycles. The lowest BCUT2D eigenvalue weighted by atomic mass is 10.00. The third-order valence-corrected chi connectivity index (χ3v) is 5.56. The number of halogens is 4. The highest BCUT2D eigenvalue weighted by Crippen LogP contribution is 2.36. The first kappa shape index (κ1) is 18.0. The molecule has 0 spiro atoms. The molecule has 0 aliphatic heterocycles. The first-order chi connectivity index (χ1) is 10.2. The van der Waals surface area contributed by atoms with Gasteiger partial charge in [-0.3, -0.25) is 0 Å². The molecule has 0 aliphatic rings. The third kappa shape index (κ3) is 4.15. The molecular weight excluding hydrogens is 475 g/mol. The fourth-order valence-electron chi connectivity index (χ4n) is 1.94. The number of sulfone groups is 1. The van der Waals surface area contributed by atoms with E-state index in [2.05, 4.69) is 31.9 Å². The third-order valence-electron chi connectivity index (χ3n) is 2.94. The van der Waals surface area contributed by atoms with Gasteiger partial charge in [-0.15, -0.1) is 0 Å². The fourth-order valence-corrected chi connectivity index (χ4v) is 4.29. The van der Waals surface area contributed by atoms with Crippen LogP contribution in [0.3, 0.4) is 0 Å². The van der Waals surface area contributed by atoms with Crippen LogP contribution in [0.2, 0.25) is 10.0 Å². The Kier molecular flexibility index (Phi) is 5.78. The summed E-state index contributed by atoms with van der Waals surface area (Å²) in [4.78, 5) is 0.0966. The maximum atomic E-state index is 11.8. The van der Waals surface area contributed by atoms with Gasteiger partial charge in [0.1, 0.15) is 0 Å². The molecule has 0 saturated heterocycles. The highest BCUT2D eigenvalue weighted by Gasteiger charge is 2.16. The quantitative estimate of drug-likeness (QED) is 0.543. The summed E-state index contributed by atoms with van der Waals surface area (Å²) in [7, 11) is -3.41. The summed E-state index contributed by atoms with van der Waals surface area (Å²) in [6.07, 6.45) is 1.13. The van der Waals surface area contributed by atoms with Gasteiger partial charge in [0.2, 0.25) is 0 Å². The van der Waals surface area contributed by atoms with E-state index in [9.17, 15) is 8.42 Å². The molecule has 7 heteroatoms. The Balaban J connectivity index is 2.66. The van der Waals surface area contributed by atoms with E-state index in [0.717, 1.165) is 23.0 Å². The van der Waals surface area contributed by atoms with E-state index in [1.165, 1.54) is 0 Å². The van der Waals surface area contributed by atoms with Crippen molar-refractivity contribution in [2.75, 3.05) is 6.26 Å². The Bertz CT molecular complexity index is 840. The number of hydrogen-bond acceptors (Lipinski definition) is 2. The summed E-state index contributed by atoms with van der Waals surface area (Å²) in [5, 5.41) is 0.828. The lowest BCUT2D eigenvalue weighted by Gasteiger charge is -2.12. The highest BCUT2D eigenvalue weighted by atomic mass is 79.9. The molecule has 2 rings (SSSR count). The van der Waals surface area contributed by atoms with Crippen molar-refractivity contribution in [3.63, 3.8) is 0 Å². The van der Waals surface area contributed by atoms with Gasteiger partial charge in [-0.25, -0.2) is 8.42 Å². The van der Waals surface area contributed by atoms with Crippen molar-refractivity contribution < 1.29 is 8.42 Å². The second-order valence-electron chi connectivity index (χ2n) is 4.56. The Hall–Kier alpha value is -0.330. The van der Waals surface area contributed by atoms with Crippen LogP contribution in [0.5, 0.6) is 0 Å². The molecule has 0 unspecified atom stereocenters. The van der Waals surface area contributed by atoms with Gasteiger partial charge in [0.25, 0.3) is 0 Å². The zero-order valence-corrected chi connectivity index (χ0v) is 16.8. The van der Waals surface area contributed by atoms with Crippen LogP contribution in [0, 0.1) is 0 Å². The van der Waals surface area contributed by atoms with Crippen molar-refractivity contribution in [3.8, 4) is 0 Å². The summed E-state index contributed by atoms with van der Waals surface area (Å²) in [6, 6.07) is 12.2. The highest BCUT2D eigenvalue weighted by molar-refractivity contribution is 9.28. The summed E-state index contributed by atoms with van der Waals surface area (Å²) in [6.45, 7) is 0. The van der Waals surface area contributed by atoms with Crippen LogP contribution >= 0.6 is 55.1 Å². The summed E-state index contributed by atoms with van der Waals surface area (Å²) >= 11 is 18.7. The van der Waals surface area contributed by atoms with Crippen LogP contribution in [-0.2, 0) is 9.84 Å². The number of benzene rings is 2. The van der Waals surface area contributed by atoms with Gasteiger partial charge < -0.3 is 0 Å². The second kappa shape index (κ2) is 7.05. The van der Waals surface area contributed by atoms with Crippen LogP contribution in [0.25, 0.3) is 5.57 Å². The number of rotatable bonds is 3. The maximum absolute atomic E-state index is 11.8. The Morgan fingerprint density at radius 1 is 0.955 bits per heavy atom. The van der Waals surface area contributed by atoms with E-state index in [1.807, 2.05) is 12.1 Å². The predicted molar refractivity (Wildman–Crippen MR) is 99.9 cm³/mol. The topological polar surface area (TPSA) is 34.1 Å². The minimum absolute atomic E-state index is 0.0966. The standard InChI is InChI=1S/C15H10Br2Cl2O2S/c1-22(20,21)13-8-10(4-7-12(13)19)14(15(16)17)9-2-5-11(18)6-3-9/h2-8H,1H3. The average Bonchev–Trinajstić information content (AvgIpc) is 2.41. The molecule has 0 heterocycles. The molecule has 116 valence electrons. The zero-order valence-electron chi connectivity index (χ0n) is 11.3. The molecule has 0 atom stereocenters. The minimum atomic E-state index is -3.41. The normalized spacial score (nSPS) is 11.3. The molecule has 0 amide bonds. The van der Waals surface area contributed by atoms with E-state index in [0.29, 0.717) is 8.41 Å². The average molecular weight is 485 g/mol. The maximum Gasteiger partial charge on any atom is 0.177 e. The first-order valence-electron chi connectivity index (χ1n) is 6.01. The molecule has 2 aromatic carbocycles. The van der Waals surface area contributed by atoms with Gasteiger partial charge in [-0.2, -0.15) is 0 Å². The summed E-state index contributed by atoms with van der Waals surface area (Å²) in [5.74, 6) is 0. The van der Waals surface area contributed by atoms with Crippen LogP contribution in [0.4, 0.5) is 0 Å². The van der Waals surface area contributed by atoms with Gasteiger partial charge in [-0.05, 0) is 67.3 Å². The summed E-state index contributed by atoms with van der Waals surface area (Å²) in [5.41, 5.74) is 2.41. The summed E-state index contributed by atoms with van der Waals surface area (Å²) < 4.78 is 24.4. The lowest BCUT2D eigenvalue weighted by Crippen LogP contribution is -2.00. The second-order valence-corrected chi connectivity index (χ2v) is 10.0. The fraction of sp³-hybridized carbons (Fsp3) is 0.0667. The van der Waals surface area contributed by atoms with Crippen molar-refractivity contribution in [1.82, 2.24) is 0 Å². The Morgan fingerprint density at radius 2 is 1.50 bits per heavy atom. The molecular formula is C15H10Br2Cl2O2S. The van der Waals surface area contributed by atoms with Crippen LogP contribution in [-0.4, -0.2) is 14.7 Å². The first-order valence-corrected chi connectivity index (χ1v) is 10.2. The largest absolute Gasteiger partial charge is 0.224 e. The predicted octanol–water partition coefficient (Wildman–Crippen LogP) is 5.90. The van der Waals surface area contributed by atoms with E-state index < -0.39 is 9.84 Å². The zero-order chi connectivity index (χ0) is 16.5. The van der Waals surface area contributed by atoms with Crippen LogP contribution < -0.4 is 0 Å². The van der Waals surface area contributed by atoms with Crippen molar-refractivity contribution in [3.05, 3.63) is 67.0 Å². The van der Waals surface area contributed by atoms with E-state index in [-0.39, 0.29) is 9.92 Å². The monoisotopic (exact) mass is 482 g/mol. The van der Waals surface area contributed by atoms with Gasteiger partial charge in [-0.1, -0.05) is 41.4 Å². The van der Waals surface area contributed by atoms with Gasteiger partial charge in [0.15, 0.2) is 9.84 Å². The molecule has 0 fully saturated rings. The van der Waals surface area contributed by atoms with Crippen molar-refractivity contribution in [2.24, 2.45) is 0 Å². The van der Waals surface area contributed by atoms with Crippen molar-refractivity contribution in [1.29, 1.82) is 0 Å². The Labute approximate surface area is 156 Å². The molecule has 2 nitrogen and oxygen atoms in total. The smallest absolute Gasteiger partial charge is 0.177 e. The van der Waals surface area contributed by atoms with E-state index >= 15 is 0 Å². The van der Waals surface area contributed by atoms with Gasteiger partial charge >= 0.3 is 0 Å². The van der Waals surface area contributed by atoms with Crippen molar-refractivity contribution >= 4 is 70.5 Å². The van der Waals surface area contributed by atoms with Crippen LogP contribution in [0.15, 0.2) is 50.8 Å². The molecule has 0 bridgehead atoms. The molecule has 2 aromatic rings. The molecule has 0 radical (unpaired) electrons. The molecule has 22 heavy (non-hydrogen) atoms. The van der Waals surface area contributed by atoms with E-state index in [4.69, 9.17) is 23.2 Å². The number of hydrogen-bond donors (Lipinski definition) is 0. The van der Waals surface area contributed by atoms with E-state index in [1.54, 1.807) is 30.3 Å². The lowest BCUT2D eigenvalue weighted by molar-refractivity contribution is 0.602. The molecule has 0 N–H and O–H groups in total. The van der Waals surface area contributed by atoms with Gasteiger partial charge in [0, 0.05) is 16.9 Å². The SMILES string of the molecule is CS(=O)(=O)c1cc(C(=C(Br)Br)c2ccc(Cl)cc2)ccc1Cl. The van der Waals surface area contributed by atoms with Gasteiger partial charge in [0.05, 0.1) is 13.3 Å². The Morgan fingerprint density at radius 3 is 2.00 bits per heavy atom. The van der Waals surface area contributed by atoms with Crippen LogP contribution in [0.1, 0.15) is 11.1 Å². The molecule has 0 aromatic heterocycles. The van der Waals surface area contributed by atoms with Crippen molar-refractivity contribution in [2.45, 2.75) is 4.90 Å². The minimum Gasteiger partial charge on any atom is -0.224 e. The molecule has 0 aliphatic carbocycles.